The SMILES string of the molecule is CNC(C)c1ccc(F)cc1-c1ccc(OC)cc1. The third kappa shape index (κ3) is 2.93. The predicted molar refractivity (Wildman–Crippen MR) is 75.9 cm³/mol. The predicted octanol–water partition coefficient (Wildman–Crippen LogP) is 3.78. The van der Waals surface area contributed by atoms with Crippen molar-refractivity contribution in [1.82, 2.24) is 5.32 Å². The van der Waals surface area contributed by atoms with Gasteiger partial charge in [-0.3, -0.25) is 0 Å². The summed E-state index contributed by atoms with van der Waals surface area (Å²) in [5.41, 5.74) is 2.97. The molecular formula is C16H18FNO. The highest BCUT2D eigenvalue weighted by Crippen LogP contribution is 2.30. The van der Waals surface area contributed by atoms with Crippen molar-refractivity contribution in [2.24, 2.45) is 0 Å². The monoisotopic (exact) mass is 259 g/mol. The van der Waals surface area contributed by atoms with Crippen LogP contribution in [-0.4, -0.2) is 14.2 Å². The summed E-state index contributed by atoms with van der Waals surface area (Å²) >= 11 is 0. The number of benzene rings is 2. The Labute approximate surface area is 113 Å². The molecule has 0 aliphatic carbocycles. The lowest BCUT2D eigenvalue weighted by atomic mass is 9.95. The van der Waals surface area contributed by atoms with Gasteiger partial charge in [-0.05, 0) is 54.9 Å². The van der Waals surface area contributed by atoms with Crippen molar-refractivity contribution in [3.05, 3.63) is 53.8 Å². The molecule has 100 valence electrons. The van der Waals surface area contributed by atoms with Crippen molar-refractivity contribution in [3.8, 4) is 16.9 Å². The van der Waals surface area contributed by atoms with Gasteiger partial charge in [0.25, 0.3) is 0 Å². The fraction of sp³-hybridized carbons (Fsp3) is 0.250. The molecule has 2 aromatic rings. The smallest absolute Gasteiger partial charge is 0.123 e. The van der Waals surface area contributed by atoms with E-state index < -0.39 is 0 Å². The second-order valence-electron chi connectivity index (χ2n) is 4.47. The Morgan fingerprint density at radius 2 is 1.79 bits per heavy atom. The molecule has 1 atom stereocenters. The zero-order valence-corrected chi connectivity index (χ0v) is 11.4. The summed E-state index contributed by atoms with van der Waals surface area (Å²) in [6.45, 7) is 2.06. The van der Waals surface area contributed by atoms with Crippen LogP contribution in [0.25, 0.3) is 11.1 Å². The van der Waals surface area contributed by atoms with E-state index in [9.17, 15) is 4.39 Å². The first-order valence-corrected chi connectivity index (χ1v) is 6.27. The molecule has 3 heteroatoms. The molecule has 0 aliphatic heterocycles. The highest BCUT2D eigenvalue weighted by molar-refractivity contribution is 5.68. The maximum Gasteiger partial charge on any atom is 0.123 e. The Hall–Kier alpha value is -1.87. The summed E-state index contributed by atoms with van der Waals surface area (Å²) < 4.78 is 18.6. The molecule has 0 radical (unpaired) electrons. The first-order valence-electron chi connectivity index (χ1n) is 6.27. The van der Waals surface area contributed by atoms with Crippen LogP contribution in [0.5, 0.6) is 5.75 Å². The Kier molecular flexibility index (Phi) is 4.17. The van der Waals surface area contributed by atoms with Crippen LogP contribution in [0.2, 0.25) is 0 Å². The van der Waals surface area contributed by atoms with Crippen LogP contribution in [0.3, 0.4) is 0 Å². The van der Waals surface area contributed by atoms with Crippen LogP contribution in [0.1, 0.15) is 18.5 Å². The summed E-state index contributed by atoms with van der Waals surface area (Å²) in [6.07, 6.45) is 0. The van der Waals surface area contributed by atoms with Crippen molar-refractivity contribution in [2.75, 3.05) is 14.2 Å². The van der Waals surface area contributed by atoms with E-state index in [-0.39, 0.29) is 11.9 Å². The number of methoxy groups -OCH3 is 1. The molecule has 2 nitrogen and oxygen atoms in total. The van der Waals surface area contributed by atoms with E-state index in [1.54, 1.807) is 13.2 Å². The molecule has 0 amide bonds. The lowest BCUT2D eigenvalue weighted by Crippen LogP contribution is -2.13. The highest BCUT2D eigenvalue weighted by atomic mass is 19.1. The fourth-order valence-electron chi connectivity index (χ4n) is 2.08. The quantitative estimate of drug-likeness (QED) is 0.902. The lowest BCUT2D eigenvalue weighted by Gasteiger charge is -2.16. The first kappa shape index (κ1) is 13.6. The molecule has 2 rings (SSSR count). The summed E-state index contributed by atoms with van der Waals surface area (Å²) in [4.78, 5) is 0. The van der Waals surface area contributed by atoms with Gasteiger partial charge < -0.3 is 10.1 Å². The Morgan fingerprint density at radius 1 is 1.11 bits per heavy atom. The second-order valence-corrected chi connectivity index (χ2v) is 4.47. The minimum atomic E-state index is -0.224. The first-order chi connectivity index (χ1) is 9.15. The molecule has 0 aliphatic rings. The van der Waals surface area contributed by atoms with Gasteiger partial charge in [0.2, 0.25) is 0 Å². The lowest BCUT2D eigenvalue weighted by molar-refractivity contribution is 0.415. The third-order valence-electron chi connectivity index (χ3n) is 3.32. The number of hydrogen-bond donors (Lipinski definition) is 1. The van der Waals surface area contributed by atoms with Gasteiger partial charge in [0.15, 0.2) is 0 Å². The number of ether oxygens (including phenoxy) is 1. The third-order valence-corrected chi connectivity index (χ3v) is 3.32. The molecule has 0 bridgehead atoms. The normalized spacial score (nSPS) is 12.2. The number of rotatable bonds is 4. The van der Waals surface area contributed by atoms with Gasteiger partial charge in [-0.1, -0.05) is 18.2 Å². The van der Waals surface area contributed by atoms with Crippen LogP contribution < -0.4 is 10.1 Å². The topological polar surface area (TPSA) is 21.3 Å². The molecule has 0 saturated heterocycles. The number of halogens is 1. The van der Waals surface area contributed by atoms with Crippen LogP contribution in [-0.2, 0) is 0 Å². The van der Waals surface area contributed by atoms with Gasteiger partial charge in [-0.15, -0.1) is 0 Å². The van der Waals surface area contributed by atoms with E-state index in [1.165, 1.54) is 6.07 Å². The molecule has 19 heavy (non-hydrogen) atoms. The molecule has 0 aromatic heterocycles. The van der Waals surface area contributed by atoms with Crippen LogP contribution in [0.15, 0.2) is 42.5 Å². The molecule has 0 heterocycles. The highest BCUT2D eigenvalue weighted by Gasteiger charge is 2.11. The maximum atomic E-state index is 13.5. The van der Waals surface area contributed by atoms with E-state index in [0.29, 0.717) is 0 Å². The van der Waals surface area contributed by atoms with E-state index in [1.807, 2.05) is 37.4 Å². The molecule has 1 unspecified atom stereocenters. The fourth-order valence-corrected chi connectivity index (χ4v) is 2.08. The zero-order chi connectivity index (χ0) is 13.8. The van der Waals surface area contributed by atoms with Gasteiger partial charge in [0.05, 0.1) is 7.11 Å². The molecule has 1 N–H and O–H groups in total. The maximum absolute atomic E-state index is 13.5. The minimum absolute atomic E-state index is 0.165. The average molecular weight is 259 g/mol. The standard InChI is InChI=1S/C16H18FNO/c1-11(18-2)15-9-6-13(17)10-16(15)12-4-7-14(19-3)8-5-12/h4-11,18H,1-3H3. The summed E-state index contributed by atoms with van der Waals surface area (Å²) in [7, 11) is 3.53. The Balaban J connectivity index is 2.49. The van der Waals surface area contributed by atoms with Crippen molar-refractivity contribution < 1.29 is 9.13 Å². The molecule has 0 fully saturated rings. The number of nitrogens with one attached hydrogen (secondary N) is 1. The molecule has 0 saturated carbocycles. The largest absolute Gasteiger partial charge is 0.497 e. The van der Waals surface area contributed by atoms with E-state index in [4.69, 9.17) is 4.74 Å². The van der Waals surface area contributed by atoms with Gasteiger partial charge >= 0.3 is 0 Å². The van der Waals surface area contributed by atoms with E-state index in [2.05, 4.69) is 12.2 Å². The summed E-state index contributed by atoms with van der Waals surface area (Å²) in [5.74, 6) is 0.571. The van der Waals surface area contributed by atoms with Gasteiger partial charge in [-0.2, -0.15) is 0 Å². The average Bonchev–Trinajstić information content (AvgIpc) is 2.46. The number of hydrogen-bond acceptors (Lipinski definition) is 2. The van der Waals surface area contributed by atoms with Crippen LogP contribution in [0.4, 0.5) is 4.39 Å². The van der Waals surface area contributed by atoms with Crippen molar-refractivity contribution in [1.29, 1.82) is 0 Å². The Bertz CT molecular complexity index is 551. The van der Waals surface area contributed by atoms with E-state index in [0.717, 1.165) is 22.4 Å². The van der Waals surface area contributed by atoms with Crippen molar-refractivity contribution >= 4 is 0 Å². The van der Waals surface area contributed by atoms with E-state index >= 15 is 0 Å². The molecule has 2 aromatic carbocycles. The molecular weight excluding hydrogens is 241 g/mol. The van der Waals surface area contributed by atoms with Gasteiger partial charge in [-0.25, -0.2) is 4.39 Å². The summed E-state index contributed by atoms with van der Waals surface area (Å²) in [6, 6.07) is 12.7. The van der Waals surface area contributed by atoms with Crippen molar-refractivity contribution in [2.45, 2.75) is 13.0 Å². The van der Waals surface area contributed by atoms with Crippen molar-refractivity contribution in [3.63, 3.8) is 0 Å². The minimum Gasteiger partial charge on any atom is -0.497 e. The zero-order valence-electron chi connectivity index (χ0n) is 11.4. The van der Waals surface area contributed by atoms with Crippen LogP contribution >= 0.6 is 0 Å². The Morgan fingerprint density at radius 3 is 2.37 bits per heavy atom. The van der Waals surface area contributed by atoms with Gasteiger partial charge in [0, 0.05) is 6.04 Å². The molecule has 0 spiro atoms. The summed E-state index contributed by atoms with van der Waals surface area (Å²) in [5, 5.41) is 3.19. The van der Waals surface area contributed by atoms with Crippen LogP contribution in [0, 0.1) is 5.82 Å². The second kappa shape index (κ2) is 5.85. The van der Waals surface area contributed by atoms with Gasteiger partial charge in [0.1, 0.15) is 11.6 Å².